The van der Waals surface area contributed by atoms with Crippen molar-refractivity contribution in [1.29, 1.82) is 0 Å². The van der Waals surface area contributed by atoms with Crippen molar-refractivity contribution in [2.24, 2.45) is 0 Å². The minimum absolute atomic E-state index is 0.371. The van der Waals surface area contributed by atoms with Gasteiger partial charge in [0.05, 0.1) is 14.2 Å². The lowest BCUT2D eigenvalue weighted by Crippen LogP contribution is -2.23. The number of hydrogen-bond donors (Lipinski definition) is 1. The number of H-pyrrole nitrogens is 1. The van der Waals surface area contributed by atoms with Crippen LogP contribution in [0.25, 0.3) is 11.0 Å². The first-order valence-electron chi connectivity index (χ1n) is 9.04. The monoisotopic (exact) mass is 409 g/mol. The molecule has 4 aromatic rings. The molecule has 29 heavy (non-hydrogen) atoms. The van der Waals surface area contributed by atoms with Crippen molar-refractivity contribution >= 4 is 28.5 Å². The number of nitrogens with zero attached hydrogens (tertiary/aromatic N) is 4. The number of anilines is 1. The molecular weight excluding hydrogens is 390 g/mol. The summed E-state index contributed by atoms with van der Waals surface area (Å²) in [6.45, 7) is 1.25. The van der Waals surface area contributed by atoms with Gasteiger partial charge in [-0.1, -0.05) is 41.1 Å². The highest BCUT2D eigenvalue weighted by Crippen LogP contribution is 2.28. The van der Waals surface area contributed by atoms with Crippen LogP contribution >= 0.6 is 11.6 Å². The maximum Gasteiger partial charge on any atom is 0.158 e. The van der Waals surface area contributed by atoms with Gasteiger partial charge in [0, 0.05) is 19.2 Å². The fourth-order valence-electron chi connectivity index (χ4n) is 3.14. The van der Waals surface area contributed by atoms with Crippen molar-refractivity contribution in [2.45, 2.75) is 13.1 Å². The van der Waals surface area contributed by atoms with E-state index in [-0.39, 0.29) is 0 Å². The Hall–Kier alpha value is -3.32. The number of halogens is 1. The van der Waals surface area contributed by atoms with E-state index in [1.54, 1.807) is 20.3 Å². The van der Waals surface area contributed by atoms with Crippen LogP contribution in [0.1, 0.15) is 11.1 Å². The average Bonchev–Trinajstić information content (AvgIpc) is 3.22. The van der Waals surface area contributed by atoms with Crippen LogP contribution < -0.4 is 14.4 Å². The molecule has 0 fully saturated rings. The lowest BCUT2D eigenvalue weighted by Gasteiger charge is -2.25. The first-order valence-corrected chi connectivity index (χ1v) is 9.42. The largest absolute Gasteiger partial charge is 0.497 e. The number of rotatable bonds is 7. The molecule has 148 valence electrons. The van der Waals surface area contributed by atoms with Crippen molar-refractivity contribution in [3.8, 4) is 11.5 Å². The Morgan fingerprint density at radius 2 is 1.45 bits per heavy atom. The molecule has 0 saturated carbocycles. The highest BCUT2D eigenvalue weighted by Gasteiger charge is 2.17. The van der Waals surface area contributed by atoms with Crippen LogP contribution in [0.5, 0.6) is 11.5 Å². The minimum atomic E-state index is 0.371. The van der Waals surface area contributed by atoms with Gasteiger partial charge < -0.3 is 14.4 Å². The summed E-state index contributed by atoms with van der Waals surface area (Å²) in [5, 5.41) is 11.3. The third-order valence-electron chi connectivity index (χ3n) is 4.63. The topological polar surface area (TPSA) is 76.2 Å². The number of nitrogens with one attached hydrogen (secondary N) is 1. The molecule has 2 aromatic carbocycles. The Morgan fingerprint density at radius 1 is 0.897 bits per heavy atom. The fourth-order valence-corrected chi connectivity index (χ4v) is 3.32. The summed E-state index contributed by atoms with van der Waals surface area (Å²) in [6.07, 6.45) is 0. The number of benzene rings is 2. The fraction of sp³-hybridized carbons (Fsp3) is 0.190. The molecule has 0 bridgehead atoms. The molecule has 0 amide bonds. The van der Waals surface area contributed by atoms with Gasteiger partial charge in [0.25, 0.3) is 0 Å². The number of ether oxygens (including phenoxy) is 2. The van der Waals surface area contributed by atoms with E-state index in [1.165, 1.54) is 0 Å². The van der Waals surface area contributed by atoms with Crippen LogP contribution in [0, 0.1) is 0 Å². The van der Waals surface area contributed by atoms with Crippen LogP contribution in [0.4, 0.5) is 5.82 Å². The molecule has 0 radical (unpaired) electrons. The van der Waals surface area contributed by atoms with E-state index < -0.39 is 0 Å². The Bertz CT molecular complexity index is 1050. The molecule has 1 N–H and O–H groups in total. The van der Waals surface area contributed by atoms with E-state index in [1.807, 2.05) is 48.5 Å². The Morgan fingerprint density at radius 3 is 1.97 bits per heavy atom. The molecular formula is C21H20ClN5O2. The van der Waals surface area contributed by atoms with Gasteiger partial charge in [0.15, 0.2) is 5.82 Å². The third-order valence-corrected chi connectivity index (χ3v) is 4.83. The van der Waals surface area contributed by atoms with Gasteiger partial charge in [-0.15, -0.1) is 5.10 Å². The quantitative estimate of drug-likeness (QED) is 0.460. The Balaban J connectivity index is 1.71. The van der Waals surface area contributed by atoms with Crippen molar-refractivity contribution in [3.05, 3.63) is 70.9 Å². The molecule has 7 nitrogen and oxygen atoms in total. The third kappa shape index (κ3) is 4.25. The smallest absolute Gasteiger partial charge is 0.158 e. The number of aromatic nitrogens is 4. The number of fused-ring (bicyclic) bond motifs is 1. The summed E-state index contributed by atoms with van der Waals surface area (Å²) in [6, 6.07) is 17.6. The van der Waals surface area contributed by atoms with Gasteiger partial charge in [0.2, 0.25) is 0 Å². The van der Waals surface area contributed by atoms with Crippen LogP contribution in [0.15, 0.2) is 54.6 Å². The minimum Gasteiger partial charge on any atom is -0.497 e. The second-order valence-electron chi connectivity index (χ2n) is 6.53. The molecule has 0 aliphatic heterocycles. The summed E-state index contributed by atoms with van der Waals surface area (Å²) in [5.74, 6) is 2.33. The average molecular weight is 410 g/mol. The lowest BCUT2D eigenvalue weighted by atomic mass is 10.1. The van der Waals surface area contributed by atoms with E-state index >= 15 is 0 Å². The maximum atomic E-state index is 6.26. The van der Waals surface area contributed by atoms with Crippen LogP contribution in [-0.4, -0.2) is 34.6 Å². The van der Waals surface area contributed by atoms with Gasteiger partial charge in [0.1, 0.15) is 27.7 Å². The zero-order chi connectivity index (χ0) is 20.2. The number of pyridine rings is 1. The van der Waals surface area contributed by atoms with Gasteiger partial charge in [-0.2, -0.15) is 0 Å². The predicted octanol–water partition coefficient (Wildman–Crippen LogP) is 4.23. The molecule has 2 heterocycles. The van der Waals surface area contributed by atoms with Crippen LogP contribution in [-0.2, 0) is 13.1 Å². The van der Waals surface area contributed by atoms with Crippen molar-refractivity contribution in [2.75, 3.05) is 19.1 Å². The number of methoxy groups -OCH3 is 2. The summed E-state index contributed by atoms with van der Waals surface area (Å²) < 4.78 is 10.5. The normalized spacial score (nSPS) is 10.9. The van der Waals surface area contributed by atoms with E-state index in [9.17, 15) is 0 Å². The second-order valence-corrected chi connectivity index (χ2v) is 6.91. The number of hydrogen-bond acceptors (Lipinski definition) is 6. The summed E-state index contributed by atoms with van der Waals surface area (Å²) >= 11 is 6.26. The first kappa shape index (κ1) is 19.0. The molecule has 0 atom stereocenters. The molecule has 0 aliphatic carbocycles. The van der Waals surface area contributed by atoms with Crippen LogP contribution in [0.2, 0.25) is 5.15 Å². The SMILES string of the molecule is COc1ccc(CN(Cc2ccc(OC)cc2)c2nc(Cl)cc3nn[nH]c23)cc1. The molecule has 0 spiro atoms. The highest BCUT2D eigenvalue weighted by molar-refractivity contribution is 6.30. The van der Waals surface area contributed by atoms with Crippen LogP contribution in [0.3, 0.4) is 0 Å². The molecule has 4 rings (SSSR count). The van der Waals surface area contributed by atoms with Crippen molar-refractivity contribution < 1.29 is 9.47 Å². The lowest BCUT2D eigenvalue weighted by molar-refractivity contribution is 0.414. The molecule has 0 unspecified atom stereocenters. The molecule has 0 saturated heterocycles. The summed E-state index contributed by atoms with van der Waals surface area (Å²) in [4.78, 5) is 6.70. The van der Waals surface area contributed by atoms with E-state index in [0.717, 1.165) is 28.1 Å². The van der Waals surface area contributed by atoms with E-state index in [2.05, 4.69) is 25.3 Å². The van der Waals surface area contributed by atoms with E-state index in [4.69, 9.17) is 21.1 Å². The molecule has 2 aromatic heterocycles. The van der Waals surface area contributed by atoms with E-state index in [0.29, 0.717) is 29.6 Å². The summed E-state index contributed by atoms with van der Waals surface area (Å²) in [5.41, 5.74) is 3.65. The Kier molecular flexibility index (Phi) is 5.48. The first-order chi connectivity index (χ1) is 14.2. The zero-order valence-electron chi connectivity index (χ0n) is 16.1. The standard InChI is InChI=1S/C21H20ClN5O2/c1-28-16-7-3-14(4-8-16)12-27(13-15-5-9-17(29-2)10-6-15)21-20-18(24-26-25-20)11-19(22)23-21/h3-11H,12-13H2,1-2H3,(H,24,25,26). The number of aromatic amines is 1. The van der Waals surface area contributed by atoms with Crippen molar-refractivity contribution in [3.63, 3.8) is 0 Å². The predicted molar refractivity (Wildman–Crippen MR) is 113 cm³/mol. The van der Waals surface area contributed by atoms with Gasteiger partial charge in [-0.25, -0.2) is 4.98 Å². The van der Waals surface area contributed by atoms with Gasteiger partial charge >= 0.3 is 0 Å². The summed E-state index contributed by atoms with van der Waals surface area (Å²) in [7, 11) is 3.31. The van der Waals surface area contributed by atoms with Gasteiger partial charge in [-0.05, 0) is 35.4 Å². The molecule has 8 heteroatoms. The maximum absolute atomic E-state index is 6.26. The highest BCUT2D eigenvalue weighted by atomic mass is 35.5. The molecule has 0 aliphatic rings. The zero-order valence-corrected chi connectivity index (χ0v) is 16.8. The second kappa shape index (κ2) is 8.36. The Labute approximate surface area is 173 Å². The van der Waals surface area contributed by atoms with Gasteiger partial charge in [-0.3, -0.25) is 5.10 Å². The van der Waals surface area contributed by atoms with Crippen molar-refractivity contribution in [1.82, 2.24) is 20.4 Å².